The molecule has 1 aromatic rings. The molecule has 0 radical (unpaired) electrons. The van der Waals surface area contributed by atoms with E-state index in [1.54, 1.807) is 26.0 Å². The van der Waals surface area contributed by atoms with E-state index in [0.717, 1.165) is 6.08 Å². The van der Waals surface area contributed by atoms with Gasteiger partial charge in [0.25, 0.3) is 5.91 Å². The maximum atomic E-state index is 11.7. The third-order valence-electron chi connectivity index (χ3n) is 2.97. The summed E-state index contributed by atoms with van der Waals surface area (Å²) in [4.78, 5) is 34.6. The first-order chi connectivity index (χ1) is 12.8. The van der Waals surface area contributed by atoms with Crippen molar-refractivity contribution in [1.29, 1.82) is 0 Å². The zero-order valence-corrected chi connectivity index (χ0v) is 16.4. The first kappa shape index (κ1) is 22.3. The summed E-state index contributed by atoms with van der Waals surface area (Å²) in [6, 6.07) is 2.47. The molecule has 0 aliphatic rings. The summed E-state index contributed by atoms with van der Waals surface area (Å²) in [6.45, 7) is 5.15. The Morgan fingerprint density at radius 1 is 1.26 bits per heavy atom. The second-order valence-electron chi connectivity index (χ2n) is 5.58. The Morgan fingerprint density at radius 3 is 2.56 bits per heavy atom. The van der Waals surface area contributed by atoms with E-state index in [0.29, 0.717) is 28.7 Å². The van der Waals surface area contributed by atoms with Crippen molar-refractivity contribution >= 4 is 35.6 Å². The van der Waals surface area contributed by atoms with Crippen LogP contribution in [0.3, 0.4) is 0 Å². The number of rotatable bonds is 8. The molecule has 8 nitrogen and oxygen atoms in total. The minimum atomic E-state index is -0.751. The predicted molar refractivity (Wildman–Crippen MR) is 101 cm³/mol. The Kier molecular flexibility index (Phi) is 9.15. The Labute approximate surface area is 162 Å². The van der Waals surface area contributed by atoms with Gasteiger partial charge in [0.1, 0.15) is 0 Å². The van der Waals surface area contributed by atoms with Gasteiger partial charge in [-0.15, -0.1) is 0 Å². The van der Waals surface area contributed by atoms with Gasteiger partial charge in [-0.1, -0.05) is 11.6 Å². The molecule has 0 unspecified atom stereocenters. The van der Waals surface area contributed by atoms with Gasteiger partial charge in [-0.2, -0.15) is 0 Å². The maximum Gasteiger partial charge on any atom is 0.331 e. The minimum absolute atomic E-state index is 0.124. The fourth-order valence-electron chi connectivity index (χ4n) is 1.96. The lowest BCUT2D eigenvalue weighted by Crippen LogP contribution is -2.43. The Balaban J connectivity index is 2.63. The van der Waals surface area contributed by atoms with Gasteiger partial charge in [-0.25, -0.2) is 9.59 Å². The third-order valence-corrected chi connectivity index (χ3v) is 3.25. The van der Waals surface area contributed by atoms with Gasteiger partial charge >= 0.3 is 12.0 Å². The molecular formula is C18H23ClN2O6. The standard InChI is InChI=1S/C18H23ClN2O6/c1-5-26-14-9-12(8-13(19)17(14)25-4)6-7-16(23)27-10-15(22)21-18(24)20-11(2)3/h6-9,11H,5,10H2,1-4H3,(H2,20,21,22,24)/b7-6+. The highest BCUT2D eigenvalue weighted by molar-refractivity contribution is 6.32. The van der Waals surface area contributed by atoms with Gasteiger partial charge in [0, 0.05) is 12.1 Å². The number of benzene rings is 1. The number of hydrogen-bond acceptors (Lipinski definition) is 6. The summed E-state index contributed by atoms with van der Waals surface area (Å²) >= 11 is 6.13. The molecule has 0 aliphatic carbocycles. The fourth-order valence-corrected chi connectivity index (χ4v) is 2.25. The van der Waals surface area contributed by atoms with Crippen LogP contribution in [0.5, 0.6) is 11.5 Å². The van der Waals surface area contributed by atoms with Crippen LogP contribution in [0, 0.1) is 0 Å². The fraction of sp³-hybridized carbons (Fsp3) is 0.389. The van der Waals surface area contributed by atoms with Crippen molar-refractivity contribution in [2.75, 3.05) is 20.3 Å². The topological polar surface area (TPSA) is 103 Å². The van der Waals surface area contributed by atoms with Crippen LogP contribution in [0.4, 0.5) is 4.79 Å². The van der Waals surface area contributed by atoms with Crippen molar-refractivity contribution < 1.29 is 28.6 Å². The number of hydrogen-bond donors (Lipinski definition) is 2. The van der Waals surface area contributed by atoms with Gasteiger partial charge in [0.05, 0.1) is 18.7 Å². The molecule has 0 saturated carbocycles. The molecule has 148 valence electrons. The summed E-state index contributed by atoms with van der Waals surface area (Å²) < 4.78 is 15.4. The van der Waals surface area contributed by atoms with Crippen molar-refractivity contribution in [2.45, 2.75) is 26.8 Å². The molecule has 2 N–H and O–H groups in total. The molecule has 1 rings (SSSR count). The van der Waals surface area contributed by atoms with Gasteiger partial charge < -0.3 is 19.5 Å². The molecule has 0 aromatic heterocycles. The molecule has 9 heteroatoms. The average Bonchev–Trinajstić information content (AvgIpc) is 2.57. The number of carbonyl (C=O) groups is 3. The lowest BCUT2D eigenvalue weighted by molar-refractivity contribution is -0.143. The predicted octanol–water partition coefficient (Wildman–Crippen LogP) is 2.54. The number of nitrogens with one attached hydrogen (secondary N) is 2. The van der Waals surface area contributed by atoms with Crippen LogP contribution >= 0.6 is 11.6 Å². The molecule has 0 atom stereocenters. The zero-order valence-electron chi connectivity index (χ0n) is 15.6. The summed E-state index contributed by atoms with van der Waals surface area (Å²) in [6.07, 6.45) is 2.59. The number of methoxy groups -OCH3 is 1. The van der Waals surface area contributed by atoms with Crippen molar-refractivity contribution in [3.05, 3.63) is 28.8 Å². The van der Waals surface area contributed by atoms with Crippen molar-refractivity contribution in [3.8, 4) is 11.5 Å². The maximum absolute atomic E-state index is 11.7. The number of amides is 3. The highest BCUT2D eigenvalue weighted by atomic mass is 35.5. The van der Waals surface area contributed by atoms with Crippen LogP contribution in [0.1, 0.15) is 26.3 Å². The van der Waals surface area contributed by atoms with Crippen LogP contribution < -0.4 is 20.1 Å². The highest BCUT2D eigenvalue weighted by Crippen LogP contribution is 2.36. The molecule has 0 saturated heterocycles. The first-order valence-corrected chi connectivity index (χ1v) is 8.60. The van der Waals surface area contributed by atoms with E-state index in [9.17, 15) is 14.4 Å². The molecule has 0 fully saturated rings. The Morgan fingerprint density at radius 2 is 1.96 bits per heavy atom. The summed E-state index contributed by atoms with van der Waals surface area (Å²) in [5.74, 6) is -0.647. The molecule has 0 aliphatic heterocycles. The molecule has 0 heterocycles. The average molecular weight is 399 g/mol. The smallest absolute Gasteiger partial charge is 0.331 e. The van der Waals surface area contributed by atoms with Crippen molar-refractivity contribution in [3.63, 3.8) is 0 Å². The van der Waals surface area contributed by atoms with Crippen molar-refractivity contribution in [1.82, 2.24) is 10.6 Å². The van der Waals surface area contributed by atoms with Gasteiger partial charge in [0.2, 0.25) is 0 Å². The summed E-state index contributed by atoms with van der Waals surface area (Å²) in [5.41, 5.74) is 0.585. The second kappa shape index (κ2) is 11.1. The molecule has 0 spiro atoms. The van der Waals surface area contributed by atoms with Crippen LogP contribution in [0.2, 0.25) is 5.02 Å². The molecule has 1 aromatic carbocycles. The Hall–Kier alpha value is -2.74. The third kappa shape index (κ3) is 8.00. The highest BCUT2D eigenvalue weighted by Gasteiger charge is 2.12. The van der Waals surface area contributed by atoms with Crippen LogP contribution in [-0.4, -0.2) is 44.3 Å². The van der Waals surface area contributed by atoms with Gasteiger partial charge in [0.15, 0.2) is 18.1 Å². The number of urea groups is 1. The number of ether oxygens (including phenoxy) is 3. The number of esters is 1. The molecule has 27 heavy (non-hydrogen) atoms. The largest absolute Gasteiger partial charge is 0.491 e. The normalized spacial score (nSPS) is 10.6. The van der Waals surface area contributed by atoms with E-state index in [-0.39, 0.29) is 6.04 Å². The quantitative estimate of drug-likeness (QED) is 0.515. The van der Waals surface area contributed by atoms with Crippen molar-refractivity contribution in [2.24, 2.45) is 0 Å². The van der Waals surface area contributed by atoms with E-state index in [1.807, 2.05) is 12.2 Å². The lowest BCUT2D eigenvalue weighted by atomic mass is 10.2. The van der Waals surface area contributed by atoms with Crippen LogP contribution in [-0.2, 0) is 14.3 Å². The second-order valence-corrected chi connectivity index (χ2v) is 5.99. The van der Waals surface area contributed by atoms with E-state index in [2.05, 4.69) is 5.32 Å². The minimum Gasteiger partial charge on any atom is -0.491 e. The van der Waals surface area contributed by atoms with E-state index in [1.165, 1.54) is 13.2 Å². The summed E-state index contributed by atoms with van der Waals surface area (Å²) in [7, 11) is 1.48. The van der Waals surface area contributed by atoms with Crippen LogP contribution in [0.25, 0.3) is 6.08 Å². The van der Waals surface area contributed by atoms with Gasteiger partial charge in [-0.05, 0) is 44.5 Å². The number of carbonyl (C=O) groups excluding carboxylic acids is 3. The van der Waals surface area contributed by atoms with Gasteiger partial charge in [-0.3, -0.25) is 10.1 Å². The van der Waals surface area contributed by atoms with E-state index >= 15 is 0 Å². The monoisotopic (exact) mass is 398 g/mol. The molecule has 3 amide bonds. The zero-order chi connectivity index (χ0) is 20.4. The SMILES string of the molecule is CCOc1cc(/C=C/C(=O)OCC(=O)NC(=O)NC(C)C)cc(Cl)c1OC. The number of imide groups is 1. The lowest BCUT2D eigenvalue weighted by Gasteiger charge is -2.11. The molecular weight excluding hydrogens is 376 g/mol. The summed E-state index contributed by atoms with van der Waals surface area (Å²) in [5, 5.41) is 4.85. The Bertz CT molecular complexity index is 718. The molecule has 0 bridgehead atoms. The van der Waals surface area contributed by atoms with E-state index < -0.39 is 24.5 Å². The first-order valence-electron chi connectivity index (χ1n) is 8.22. The number of halogens is 1. The van der Waals surface area contributed by atoms with Crippen LogP contribution in [0.15, 0.2) is 18.2 Å². The van der Waals surface area contributed by atoms with E-state index in [4.69, 9.17) is 25.8 Å².